The molecule has 0 amide bonds. The van der Waals surface area contributed by atoms with Crippen molar-refractivity contribution in [1.29, 1.82) is 0 Å². The van der Waals surface area contributed by atoms with Crippen LogP contribution in [0.25, 0.3) is 0 Å². The van der Waals surface area contributed by atoms with Crippen LogP contribution in [0.2, 0.25) is 0 Å². The van der Waals surface area contributed by atoms with Crippen LogP contribution in [0, 0.1) is 6.92 Å². The number of hydrogen-bond acceptors (Lipinski definition) is 4. The first-order chi connectivity index (χ1) is 9.52. The van der Waals surface area contributed by atoms with Gasteiger partial charge < -0.3 is 15.0 Å². The van der Waals surface area contributed by atoms with E-state index in [2.05, 4.69) is 29.2 Å². The molecule has 0 atom stereocenters. The summed E-state index contributed by atoms with van der Waals surface area (Å²) in [5.74, 6) is 0.870. The number of methoxy groups -OCH3 is 1. The molecule has 1 N–H and O–H groups in total. The van der Waals surface area contributed by atoms with E-state index < -0.39 is 0 Å². The average molecular weight is 280 g/mol. The summed E-state index contributed by atoms with van der Waals surface area (Å²) in [6.45, 7) is 9.82. The van der Waals surface area contributed by atoms with Crippen LogP contribution in [0.1, 0.15) is 37.9 Å². The lowest BCUT2D eigenvalue weighted by Gasteiger charge is -2.35. The maximum Gasteiger partial charge on any atom is 0.216 e. The van der Waals surface area contributed by atoms with Gasteiger partial charge in [0.15, 0.2) is 0 Å². The van der Waals surface area contributed by atoms with Gasteiger partial charge in [0.1, 0.15) is 0 Å². The Bertz CT molecular complexity index is 433. The molecule has 1 aliphatic rings. The Hall–Kier alpha value is -1.07. The molecule has 1 aromatic rings. The molecular weight excluding hydrogens is 252 g/mol. The fourth-order valence-electron chi connectivity index (χ4n) is 3.01. The normalized spacial score (nSPS) is 17.9. The van der Waals surface area contributed by atoms with Gasteiger partial charge in [-0.05, 0) is 46.7 Å². The molecule has 20 heavy (non-hydrogen) atoms. The van der Waals surface area contributed by atoms with Crippen LogP contribution in [0.15, 0.2) is 0 Å². The van der Waals surface area contributed by atoms with E-state index in [1.807, 2.05) is 18.7 Å². The molecule has 5 heteroatoms. The zero-order valence-electron chi connectivity index (χ0n) is 13.4. The largest absolute Gasteiger partial charge is 0.481 e. The molecule has 1 fully saturated rings. The first kappa shape index (κ1) is 15.3. The standard InChI is InChI=1S/C15H28N4O/c1-11(2)19-8-6-13(7-9-19)16-10-14-12(3)17-18(4)15(14)20-5/h11,13,16H,6-10H2,1-5H3. The van der Waals surface area contributed by atoms with Crippen LogP contribution in [0.4, 0.5) is 0 Å². The number of ether oxygens (including phenoxy) is 1. The smallest absolute Gasteiger partial charge is 0.216 e. The number of rotatable bonds is 5. The van der Waals surface area contributed by atoms with Crippen molar-refractivity contribution in [2.24, 2.45) is 7.05 Å². The Balaban J connectivity index is 1.88. The first-order valence-electron chi connectivity index (χ1n) is 7.56. The molecule has 5 nitrogen and oxygen atoms in total. The van der Waals surface area contributed by atoms with Crippen molar-refractivity contribution >= 4 is 0 Å². The summed E-state index contributed by atoms with van der Waals surface area (Å²) in [5, 5.41) is 8.09. The predicted octanol–water partition coefficient (Wildman–Crippen LogP) is 1.70. The van der Waals surface area contributed by atoms with Crippen molar-refractivity contribution in [3.63, 3.8) is 0 Å². The van der Waals surface area contributed by atoms with Gasteiger partial charge in [0.2, 0.25) is 5.88 Å². The first-order valence-corrected chi connectivity index (χ1v) is 7.56. The molecule has 0 saturated carbocycles. The predicted molar refractivity (Wildman–Crippen MR) is 81.1 cm³/mol. The quantitative estimate of drug-likeness (QED) is 0.891. The summed E-state index contributed by atoms with van der Waals surface area (Å²) in [6, 6.07) is 1.27. The van der Waals surface area contributed by atoms with Crippen LogP contribution in [0.5, 0.6) is 5.88 Å². The highest BCUT2D eigenvalue weighted by molar-refractivity contribution is 5.30. The summed E-state index contributed by atoms with van der Waals surface area (Å²) in [4.78, 5) is 2.55. The van der Waals surface area contributed by atoms with Crippen LogP contribution >= 0.6 is 0 Å². The minimum atomic E-state index is 0.606. The molecule has 114 valence electrons. The Morgan fingerprint density at radius 3 is 2.55 bits per heavy atom. The highest BCUT2D eigenvalue weighted by atomic mass is 16.5. The fraction of sp³-hybridized carbons (Fsp3) is 0.800. The van der Waals surface area contributed by atoms with E-state index in [1.54, 1.807) is 7.11 Å². The van der Waals surface area contributed by atoms with Crippen molar-refractivity contribution in [3.05, 3.63) is 11.3 Å². The van der Waals surface area contributed by atoms with Gasteiger partial charge in [-0.25, -0.2) is 4.68 Å². The number of aromatic nitrogens is 2. The van der Waals surface area contributed by atoms with Crippen LogP contribution in [-0.4, -0.2) is 47.0 Å². The lowest BCUT2D eigenvalue weighted by atomic mass is 10.0. The number of aryl methyl sites for hydroxylation is 2. The molecule has 1 aliphatic heterocycles. The molecule has 0 bridgehead atoms. The summed E-state index contributed by atoms with van der Waals surface area (Å²) >= 11 is 0. The highest BCUT2D eigenvalue weighted by Gasteiger charge is 2.21. The van der Waals surface area contributed by atoms with Crippen LogP contribution in [-0.2, 0) is 13.6 Å². The van der Waals surface area contributed by atoms with Crippen molar-refractivity contribution in [1.82, 2.24) is 20.0 Å². The van der Waals surface area contributed by atoms with Gasteiger partial charge in [0, 0.05) is 25.7 Å². The lowest BCUT2D eigenvalue weighted by molar-refractivity contribution is 0.160. The van der Waals surface area contributed by atoms with Gasteiger partial charge in [-0.2, -0.15) is 5.10 Å². The highest BCUT2D eigenvalue weighted by Crippen LogP contribution is 2.21. The number of nitrogens with zero attached hydrogens (tertiary/aromatic N) is 3. The summed E-state index contributed by atoms with van der Waals surface area (Å²) in [6.07, 6.45) is 2.44. The van der Waals surface area contributed by atoms with Crippen molar-refractivity contribution < 1.29 is 4.74 Å². The van der Waals surface area contributed by atoms with Crippen LogP contribution < -0.4 is 10.1 Å². The van der Waals surface area contributed by atoms with E-state index in [0.717, 1.165) is 18.1 Å². The molecule has 0 aromatic carbocycles. The fourth-order valence-corrected chi connectivity index (χ4v) is 3.01. The maximum atomic E-state index is 5.44. The zero-order chi connectivity index (χ0) is 14.7. The monoisotopic (exact) mass is 280 g/mol. The lowest BCUT2D eigenvalue weighted by Crippen LogP contribution is -2.44. The molecule has 1 aromatic heterocycles. The molecule has 0 spiro atoms. The molecule has 2 rings (SSSR count). The summed E-state index contributed by atoms with van der Waals surface area (Å²) < 4.78 is 7.25. The second kappa shape index (κ2) is 6.59. The third kappa shape index (κ3) is 3.33. The molecule has 0 radical (unpaired) electrons. The van der Waals surface area contributed by atoms with Gasteiger partial charge in [-0.1, -0.05) is 0 Å². The van der Waals surface area contributed by atoms with E-state index >= 15 is 0 Å². The Morgan fingerprint density at radius 1 is 1.35 bits per heavy atom. The van der Waals surface area contributed by atoms with E-state index in [-0.39, 0.29) is 0 Å². The van der Waals surface area contributed by atoms with E-state index in [4.69, 9.17) is 4.74 Å². The maximum absolute atomic E-state index is 5.44. The SMILES string of the molecule is COc1c(CNC2CCN(C(C)C)CC2)c(C)nn1C. The van der Waals surface area contributed by atoms with Gasteiger partial charge >= 0.3 is 0 Å². The average Bonchev–Trinajstić information content (AvgIpc) is 2.70. The number of piperidine rings is 1. The molecular formula is C15H28N4O. The number of likely N-dealkylation sites (tertiary alicyclic amines) is 1. The van der Waals surface area contributed by atoms with Crippen molar-refractivity contribution in [2.45, 2.75) is 52.2 Å². The molecule has 0 unspecified atom stereocenters. The molecule has 0 aliphatic carbocycles. The Kier molecular flexibility index (Phi) is 5.05. The molecule has 1 saturated heterocycles. The second-order valence-electron chi connectivity index (χ2n) is 5.98. The van der Waals surface area contributed by atoms with Gasteiger partial charge in [0.25, 0.3) is 0 Å². The number of nitrogens with one attached hydrogen (secondary N) is 1. The Morgan fingerprint density at radius 2 is 2.00 bits per heavy atom. The van der Waals surface area contributed by atoms with Gasteiger partial charge in [-0.15, -0.1) is 0 Å². The number of hydrogen-bond donors (Lipinski definition) is 1. The second-order valence-corrected chi connectivity index (χ2v) is 5.98. The molecule has 2 heterocycles. The van der Waals surface area contributed by atoms with E-state index in [0.29, 0.717) is 12.1 Å². The van der Waals surface area contributed by atoms with Gasteiger partial charge in [0.05, 0.1) is 18.4 Å². The van der Waals surface area contributed by atoms with E-state index in [9.17, 15) is 0 Å². The van der Waals surface area contributed by atoms with Crippen LogP contribution in [0.3, 0.4) is 0 Å². The Labute approximate surface area is 122 Å². The minimum absolute atomic E-state index is 0.606. The summed E-state index contributed by atoms with van der Waals surface area (Å²) in [7, 11) is 3.64. The topological polar surface area (TPSA) is 42.3 Å². The minimum Gasteiger partial charge on any atom is -0.481 e. The van der Waals surface area contributed by atoms with Gasteiger partial charge in [-0.3, -0.25) is 0 Å². The van der Waals surface area contributed by atoms with Crippen molar-refractivity contribution in [2.75, 3.05) is 20.2 Å². The third-order valence-corrected chi connectivity index (χ3v) is 4.31. The van der Waals surface area contributed by atoms with Crippen molar-refractivity contribution in [3.8, 4) is 5.88 Å². The summed E-state index contributed by atoms with van der Waals surface area (Å²) in [5.41, 5.74) is 2.23. The zero-order valence-corrected chi connectivity index (χ0v) is 13.4. The third-order valence-electron chi connectivity index (χ3n) is 4.31. The van der Waals surface area contributed by atoms with E-state index in [1.165, 1.54) is 31.5 Å².